The summed E-state index contributed by atoms with van der Waals surface area (Å²) in [5, 5.41) is 3.11. The lowest BCUT2D eigenvalue weighted by atomic mass is 10.0. The maximum Gasteiger partial charge on any atom is 0.261 e. The minimum atomic E-state index is -0.378. The summed E-state index contributed by atoms with van der Waals surface area (Å²) in [5.41, 5.74) is 6.85. The monoisotopic (exact) mass is 260 g/mol. The SMILES string of the molecule is NCC1CCCC1NC(=O)C1Cc2ccccc2O1. The van der Waals surface area contributed by atoms with Crippen molar-refractivity contribution in [2.24, 2.45) is 11.7 Å². The number of amides is 1. The van der Waals surface area contributed by atoms with Gasteiger partial charge >= 0.3 is 0 Å². The third kappa shape index (κ3) is 2.45. The first kappa shape index (κ1) is 12.5. The third-order valence-corrected chi connectivity index (χ3v) is 4.23. The Kier molecular flexibility index (Phi) is 3.42. The molecule has 4 nitrogen and oxygen atoms in total. The molecule has 1 aromatic rings. The summed E-state index contributed by atoms with van der Waals surface area (Å²) in [7, 11) is 0. The van der Waals surface area contributed by atoms with E-state index in [9.17, 15) is 4.79 Å². The van der Waals surface area contributed by atoms with Gasteiger partial charge in [0.05, 0.1) is 0 Å². The smallest absolute Gasteiger partial charge is 0.261 e. The standard InChI is InChI=1S/C15H20N2O2/c16-9-11-5-3-6-12(11)17-15(18)14-8-10-4-1-2-7-13(10)19-14/h1-2,4,7,11-12,14H,3,5-6,8-9,16H2,(H,17,18). The molecule has 19 heavy (non-hydrogen) atoms. The van der Waals surface area contributed by atoms with Crippen LogP contribution in [0.3, 0.4) is 0 Å². The van der Waals surface area contributed by atoms with Crippen molar-refractivity contribution in [3.05, 3.63) is 29.8 Å². The molecule has 102 valence electrons. The highest BCUT2D eigenvalue weighted by Crippen LogP contribution is 2.29. The van der Waals surface area contributed by atoms with E-state index in [4.69, 9.17) is 10.5 Å². The minimum absolute atomic E-state index is 0.00144. The largest absolute Gasteiger partial charge is 0.480 e. The number of para-hydroxylation sites is 1. The quantitative estimate of drug-likeness (QED) is 0.859. The van der Waals surface area contributed by atoms with Crippen LogP contribution in [0.5, 0.6) is 5.75 Å². The molecule has 4 heteroatoms. The zero-order valence-corrected chi connectivity index (χ0v) is 11.0. The van der Waals surface area contributed by atoms with Crippen LogP contribution in [0.25, 0.3) is 0 Å². The van der Waals surface area contributed by atoms with Gasteiger partial charge in [-0.2, -0.15) is 0 Å². The molecule has 3 rings (SSSR count). The van der Waals surface area contributed by atoms with Crippen molar-refractivity contribution in [3.8, 4) is 5.75 Å². The zero-order chi connectivity index (χ0) is 13.2. The molecule has 1 amide bonds. The molecule has 0 aromatic heterocycles. The first-order chi connectivity index (χ1) is 9.28. The van der Waals surface area contributed by atoms with Gasteiger partial charge in [-0.25, -0.2) is 0 Å². The van der Waals surface area contributed by atoms with E-state index in [0.717, 1.165) is 30.6 Å². The van der Waals surface area contributed by atoms with Gasteiger partial charge in [-0.15, -0.1) is 0 Å². The van der Waals surface area contributed by atoms with Crippen LogP contribution < -0.4 is 15.8 Å². The van der Waals surface area contributed by atoms with E-state index in [1.165, 1.54) is 0 Å². The number of nitrogens with one attached hydrogen (secondary N) is 1. The number of carbonyl (C=O) groups excluding carboxylic acids is 1. The Morgan fingerprint density at radius 3 is 3.00 bits per heavy atom. The lowest BCUT2D eigenvalue weighted by Gasteiger charge is -2.21. The summed E-state index contributed by atoms with van der Waals surface area (Å²) in [4.78, 5) is 12.3. The van der Waals surface area contributed by atoms with Crippen molar-refractivity contribution in [2.45, 2.75) is 37.8 Å². The normalized spacial score (nSPS) is 28.8. The molecule has 2 aliphatic rings. The summed E-state index contributed by atoms with van der Waals surface area (Å²) in [5.74, 6) is 1.26. The van der Waals surface area contributed by atoms with Gasteiger partial charge in [-0.1, -0.05) is 24.6 Å². The van der Waals surface area contributed by atoms with Crippen molar-refractivity contribution in [3.63, 3.8) is 0 Å². The average molecular weight is 260 g/mol. The second kappa shape index (κ2) is 5.21. The maximum atomic E-state index is 12.3. The summed E-state index contributed by atoms with van der Waals surface area (Å²) in [6, 6.07) is 8.07. The van der Waals surface area contributed by atoms with Crippen LogP contribution in [0.15, 0.2) is 24.3 Å². The molecule has 0 spiro atoms. The van der Waals surface area contributed by atoms with Crippen LogP contribution in [0.2, 0.25) is 0 Å². The fraction of sp³-hybridized carbons (Fsp3) is 0.533. The average Bonchev–Trinajstić information content (AvgIpc) is 3.03. The van der Waals surface area contributed by atoms with Crippen molar-refractivity contribution >= 4 is 5.91 Å². The topological polar surface area (TPSA) is 64.3 Å². The summed E-state index contributed by atoms with van der Waals surface area (Å²) >= 11 is 0. The number of hydrogen-bond donors (Lipinski definition) is 2. The fourth-order valence-electron chi connectivity index (χ4n) is 3.11. The lowest BCUT2D eigenvalue weighted by Crippen LogP contribution is -2.46. The number of hydrogen-bond acceptors (Lipinski definition) is 3. The van der Waals surface area contributed by atoms with E-state index in [0.29, 0.717) is 18.9 Å². The van der Waals surface area contributed by atoms with Crippen LogP contribution in [0.4, 0.5) is 0 Å². The Labute approximate surface area is 113 Å². The van der Waals surface area contributed by atoms with Crippen LogP contribution in [0, 0.1) is 5.92 Å². The molecule has 1 aromatic carbocycles. The van der Waals surface area contributed by atoms with E-state index >= 15 is 0 Å². The predicted molar refractivity (Wildman–Crippen MR) is 72.9 cm³/mol. The van der Waals surface area contributed by atoms with E-state index in [1.807, 2.05) is 24.3 Å². The summed E-state index contributed by atoms with van der Waals surface area (Å²) in [6.07, 6.45) is 3.59. The molecular weight excluding hydrogens is 240 g/mol. The molecule has 1 aliphatic heterocycles. The van der Waals surface area contributed by atoms with Crippen molar-refractivity contribution < 1.29 is 9.53 Å². The van der Waals surface area contributed by atoms with E-state index in [1.54, 1.807) is 0 Å². The zero-order valence-electron chi connectivity index (χ0n) is 11.0. The Morgan fingerprint density at radius 1 is 1.37 bits per heavy atom. The Balaban J connectivity index is 1.61. The number of nitrogens with two attached hydrogens (primary N) is 1. The molecule has 3 N–H and O–H groups in total. The number of ether oxygens (including phenoxy) is 1. The van der Waals surface area contributed by atoms with Crippen LogP contribution in [-0.4, -0.2) is 24.6 Å². The number of carbonyl (C=O) groups is 1. The third-order valence-electron chi connectivity index (χ3n) is 4.23. The summed E-state index contributed by atoms with van der Waals surface area (Å²) < 4.78 is 5.70. The number of rotatable bonds is 3. The summed E-state index contributed by atoms with van der Waals surface area (Å²) in [6.45, 7) is 0.650. The van der Waals surface area contributed by atoms with Crippen LogP contribution >= 0.6 is 0 Å². The lowest BCUT2D eigenvalue weighted by molar-refractivity contribution is -0.128. The van der Waals surface area contributed by atoms with Gasteiger partial charge in [0, 0.05) is 12.5 Å². The molecule has 1 aliphatic carbocycles. The Hall–Kier alpha value is -1.55. The molecule has 3 unspecified atom stereocenters. The fourth-order valence-corrected chi connectivity index (χ4v) is 3.11. The van der Waals surface area contributed by atoms with Gasteiger partial charge in [0.1, 0.15) is 5.75 Å². The van der Waals surface area contributed by atoms with Crippen LogP contribution in [-0.2, 0) is 11.2 Å². The molecule has 1 saturated carbocycles. The Bertz CT molecular complexity index is 450. The van der Waals surface area contributed by atoms with Gasteiger partial charge < -0.3 is 15.8 Å². The number of benzene rings is 1. The Morgan fingerprint density at radius 2 is 2.21 bits per heavy atom. The molecule has 3 atom stereocenters. The number of fused-ring (bicyclic) bond motifs is 1. The van der Waals surface area contributed by atoms with E-state index in [-0.39, 0.29) is 18.1 Å². The highest BCUT2D eigenvalue weighted by molar-refractivity contribution is 5.82. The van der Waals surface area contributed by atoms with Crippen molar-refractivity contribution in [1.29, 1.82) is 0 Å². The first-order valence-corrected chi connectivity index (χ1v) is 7.03. The van der Waals surface area contributed by atoms with E-state index in [2.05, 4.69) is 5.32 Å². The highest BCUT2D eigenvalue weighted by Gasteiger charge is 2.33. The molecule has 0 saturated heterocycles. The molecular formula is C15H20N2O2. The van der Waals surface area contributed by atoms with Gasteiger partial charge in [0.25, 0.3) is 5.91 Å². The molecule has 1 fully saturated rings. The molecule has 0 radical (unpaired) electrons. The highest BCUT2D eigenvalue weighted by atomic mass is 16.5. The van der Waals surface area contributed by atoms with Crippen molar-refractivity contribution in [1.82, 2.24) is 5.32 Å². The molecule has 1 heterocycles. The molecule has 0 bridgehead atoms. The second-order valence-corrected chi connectivity index (χ2v) is 5.46. The predicted octanol–water partition coefficient (Wildman–Crippen LogP) is 1.23. The second-order valence-electron chi connectivity index (χ2n) is 5.46. The van der Waals surface area contributed by atoms with E-state index < -0.39 is 0 Å². The van der Waals surface area contributed by atoms with Gasteiger partial charge in [-0.3, -0.25) is 4.79 Å². The minimum Gasteiger partial charge on any atom is -0.480 e. The van der Waals surface area contributed by atoms with Gasteiger partial charge in [-0.05, 0) is 36.9 Å². The van der Waals surface area contributed by atoms with Crippen LogP contribution in [0.1, 0.15) is 24.8 Å². The van der Waals surface area contributed by atoms with Crippen molar-refractivity contribution in [2.75, 3.05) is 6.54 Å². The first-order valence-electron chi connectivity index (χ1n) is 7.03. The maximum absolute atomic E-state index is 12.3. The van der Waals surface area contributed by atoms with Gasteiger partial charge in [0.2, 0.25) is 0 Å². The van der Waals surface area contributed by atoms with Gasteiger partial charge in [0.15, 0.2) is 6.10 Å².